The highest BCUT2D eigenvalue weighted by atomic mass is 32.2. The zero-order chi connectivity index (χ0) is 8.48. The van der Waals surface area contributed by atoms with Gasteiger partial charge in [0.15, 0.2) is 0 Å². The van der Waals surface area contributed by atoms with E-state index in [2.05, 4.69) is 0 Å². The highest BCUT2D eigenvalue weighted by Crippen LogP contribution is 2.11. The van der Waals surface area contributed by atoms with Crippen LogP contribution >= 0.6 is 0 Å². The fourth-order valence-electron chi connectivity index (χ4n) is 0.965. The van der Waals surface area contributed by atoms with E-state index in [1.54, 1.807) is 13.8 Å². The zero-order valence-corrected chi connectivity index (χ0v) is 7.63. The van der Waals surface area contributed by atoms with Crippen LogP contribution in [0.5, 0.6) is 0 Å². The summed E-state index contributed by atoms with van der Waals surface area (Å²) in [5.74, 6) is 0. The lowest BCUT2D eigenvalue weighted by Crippen LogP contribution is -2.34. The lowest BCUT2D eigenvalue weighted by Gasteiger charge is -2.17. The standard InChI is InChI=1S/C7H13NO2S/c1-7(2)11(9,10)8-5-3-4-6-8/h3-4,7H,5-6H2,1-2H3. The second-order valence-corrected chi connectivity index (χ2v) is 5.37. The van der Waals surface area contributed by atoms with Crippen LogP contribution in [0.1, 0.15) is 13.8 Å². The first-order valence-electron chi connectivity index (χ1n) is 3.69. The Hall–Kier alpha value is -0.350. The van der Waals surface area contributed by atoms with Gasteiger partial charge in [0.25, 0.3) is 0 Å². The molecule has 1 rings (SSSR count). The average Bonchev–Trinajstić information content (AvgIpc) is 2.37. The average molecular weight is 175 g/mol. The highest BCUT2D eigenvalue weighted by Gasteiger charge is 2.25. The molecular formula is C7H13NO2S. The topological polar surface area (TPSA) is 37.4 Å². The number of nitrogens with zero attached hydrogens (tertiary/aromatic N) is 1. The Morgan fingerprint density at radius 3 is 2.09 bits per heavy atom. The van der Waals surface area contributed by atoms with Gasteiger partial charge in [0.2, 0.25) is 10.0 Å². The van der Waals surface area contributed by atoms with Crippen molar-refractivity contribution in [2.24, 2.45) is 0 Å². The fraction of sp³-hybridized carbons (Fsp3) is 0.714. The van der Waals surface area contributed by atoms with Gasteiger partial charge in [0.05, 0.1) is 5.25 Å². The molecule has 4 heteroatoms. The van der Waals surface area contributed by atoms with E-state index >= 15 is 0 Å². The predicted octanol–water partition coefficient (Wildman–Crippen LogP) is 0.596. The number of rotatable bonds is 2. The maximum Gasteiger partial charge on any atom is 0.217 e. The minimum absolute atomic E-state index is 0.303. The van der Waals surface area contributed by atoms with E-state index in [9.17, 15) is 8.42 Å². The first-order chi connectivity index (χ1) is 5.05. The molecule has 0 spiro atoms. The summed E-state index contributed by atoms with van der Waals surface area (Å²) in [4.78, 5) is 0. The van der Waals surface area contributed by atoms with E-state index < -0.39 is 10.0 Å². The van der Waals surface area contributed by atoms with Crippen molar-refractivity contribution in [3.8, 4) is 0 Å². The van der Waals surface area contributed by atoms with Crippen molar-refractivity contribution in [2.45, 2.75) is 19.1 Å². The Labute approximate surface area is 67.8 Å². The Bertz CT molecular complexity index is 246. The third kappa shape index (κ3) is 1.62. The molecule has 0 fully saturated rings. The second-order valence-electron chi connectivity index (χ2n) is 2.88. The summed E-state index contributed by atoms with van der Waals surface area (Å²) < 4.78 is 24.3. The Morgan fingerprint density at radius 1 is 1.27 bits per heavy atom. The number of hydrogen-bond acceptors (Lipinski definition) is 2. The SMILES string of the molecule is CC(C)S(=O)(=O)N1CC=CC1. The van der Waals surface area contributed by atoms with E-state index in [0.717, 1.165) is 0 Å². The van der Waals surface area contributed by atoms with Gasteiger partial charge in [-0.25, -0.2) is 8.42 Å². The van der Waals surface area contributed by atoms with Crippen molar-refractivity contribution in [3.05, 3.63) is 12.2 Å². The second kappa shape index (κ2) is 2.95. The van der Waals surface area contributed by atoms with Crippen LogP contribution in [0.25, 0.3) is 0 Å². The largest absolute Gasteiger partial charge is 0.217 e. The van der Waals surface area contributed by atoms with Gasteiger partial charge in [-0.05, 0) is 13.8 Å². The maximum atomic E-state index is 11.4. The summed E-state index contributed by atoms with van der Waals surface area (Å²) in [6.07, 6.45) is 3.75. The van der Waals surface area contributed by atoms with E-state index in [1.807, 2.05) is 12.2 Å². The van der Waals surface area contributed by atoms with Crippen molar-refractivity contribution in [1.82, 2.24) is 4.31 Å². The highest BCUT2D eigenvalue weighted by molar-refractivity contribution is 7.89. The molecule has 0 unspecified atom stereocenters. The van der Waals surface area contributed by atoms with Crippen LogP contribution in [0.3, 0.4) is 0 Å². The predicted molar refractivity (Wildman–Crippen MR) is 44.8 cm³/mol. The van der Waals surface area contributed by atoms with Crippen LogP contribution in [0.15, 0.2) is 12.2 Å². The molecule has 0 radical (unpaired) electrons. The Balaban J connectivity index is 2.74. The van der Waals surface area contributed by atoms with Gasteiger partial charge in [-0.2, -0.15) is 4.31 Å². The molecule has 0 aromatic carbocycles. The lowest BCUT2D eigenvalue weighted by molar-refractivity contribution is 0.480. The summed E-state index contributed by atoms with van der Waals surface area (Å²) in [5.41, 5.74) is 0. The van der Waals surface area contributed by atoms with Gasteiger partial charge in [-0.3, -0.25) is 0 Å². The quantitative estimate of drug-likeness (QED) is 0.576. The van der Waals surface area contributed by atoms with Crippen molar-refractivity contribution < 1.29 is 8.42 Å². The molecule has 0 saturated carbocycles. The summed E-state index contributed by atoms with van der Waals surface area (Å²) in [6, 6.07) is 0. The van der Waals surface area contributed by atoms with E-state index in [0.29, 0.717) is 13.1 Å². The smallest absolute Gasteiger partial charge is 0.212 e. The maximum absolute atomic E-state index is 11.4. The Morgan fingerprint density at radius 2 is 1.73 bits per heavy atom. The molecule has 11 heavy (non-hydrogen) atoms. The minimum Gasteiger partial charge on any atom is -0.212 e. The summed E-state index contributed by atoms with van der Waals surface area (Å²) in [5, 5.41) is -0.303. The van der Waals surface area contributed by atoms with Crippen LogP contribution in [-0.4, -0.2) is 31.1 Å². The molecule has 0 aromatic rings. The minimum atomic E-state index is -3.01. The molecule has 0 N–H and O–H groups in total. The molecule has 0 aromatic heterocycles. The monoisotopic (exact) mass is 175 g/mol. The molecule has 0 saturated heterocycles. The third-order valence-electron chi connectivity index (χ3n) is 1.74. The van der Waals surface area contributed by atoms with E-state index in [4.69, 9.17) is 0 Å². The normalized spacial score (nSPS) is 19.9. The molecular weight excluding hydrogens is 162 g/mol. The molecule has 0 bridgehead atoms. The van der Waals surface area contributed by atoms with Crippen LogP contribution in [0.2, 0.25) is 0 Å². The van der Waals surface area contributed by atoms with Crippen LogP contribution in [0, 0.1) is 0 Å². The molecule has 1 aliphatic heterocycles. The van der Waals surface area contributed by atoms with Gasteiger partial charge in [0, 0.05) is 13.1 Å². The molecule has 0 aliphatic carbocycles. The molecule has 64 valence electrons. The first kappa shape index (κ1) is 8.74. The molecule has 3 nitrogen and oxygen atoms in total. The van der Waals surface area contributed by atoms with Crippen LogP contribution < -0.4 is 0 Å². The summed E-state index contributed by atoms with van der Waals surface area (Å²) >= 11 is 0. The molecule has 0 amide bonds. The number of hydrogen-bond donors (Lipinski definition) is 0. The van der Waals surface area contributed by atoms with E-state index in [1.165, 1.54) is 4.31 Å². The molecule has 0 atom stereocenters. The van der Waals surface area contributed by atoms with Crippen molar-refractivity contribution in [1.29, 1.82) is 0 Å². The van der Waals surface area contributed by atoms with Crippen molar-refractivity contribution in [2.75, 3.05) is 13.1 Å². The number of sulfonamides is 1. The van der Waals surface area contributed by atoms with Gasteiger partial charge in [0.1, 0.15) is 0 Å². The van der Waals surface area contributed by atoms with Crippen molar-refractivity contribution in [3.63, 3.8) is 0 Å². The van der Waals surface area contributed by atoms with Crippen LogP contribution in [0.4, 0.5) is 0 Å². The lowest BCUT2D eigenvalue weighted by atomic mass is 10.6. The molecule has 1 aliphatic rings. The van der Waals surface area contributed by atoms with E-state index in [-0.39, 0.29) is 5.25 Å². The van der Waals surface area contributed by atoms with Crippen LogP contribution in [-0.2, 0) is 10.0 Å². The summed E-state index contributed by atoms with van der Waals surface area (Å²) in [7, 11) is -3.01. The Kier molecular flexibility index (Phi) is 2.34. The third-order valence-corrected chi connectivity index (χ3v) is 3.95. The zero-order valence-electron chi connectivity index (χ0n) is 6.82. The van der Waals surface area contributed by atoms with Gasteiger partial charge in [-0.1, -0.05) is 12.2 Å². The van der Waals surface area contributed by atoms with Gasteiger partial charge in [-0.15, -0.1) is 0 Å². The summed E-state index contributed by atoms with van der Waals surface area (Å²) in [6.45, 7) is 4.49. The van der Waals surface area contributed by atoms with Gasteiger partial charge >= 0.3 is 0 Å². The molecule has 1 heterocycles. The van der Waals surface area contributed by atoms with Crippen molar-refractivity contribution >= 4 is 10.0 Å². The van der Waals surface area contributed by atoms with Gasteiger partial charge < -0.3 is 0 Å². The fourth-order valence-corrected chi connectivity index (χ4v) is 2.15. The first-order valence-corrected chi connectivity index (χ1v) is 5.19.